The third-order valence-corrected chi connectivity index (χ3v) is 3.05. The van der Waals surface area contributed by atoms with Gasteiger partial charge in [0.15, 0.2) is 17.2 Å². The molecule has 2 N–H and O–H groups in total. The van der Waals surface area contributed by atoms with Gasteiger partial charge in [-0.15, -0.1) is 10.2 Å². The van der Waals surface area contributed by atoms with Gasteiger partial charge < -0.3 is 19.7 Å². The third-order valence-electron chi connectivity index (χ3n) is 3.05. The van der Waals surface area contributed by atoms with Crippen molar-refractivity contribution in [1.82, 2.24) is 14.9 Å². The number of hydrogen-bond donors (Lipinski definition) is 2. The van der Waals surface area contributed by atoms with Crippen molar-refractivity contribution in [3.8, 4) is 0 Å². The molecule has 1 aromatic heterocycles. The molecule has 0 aliphatic carbocycles. The Hall–Kier alpha value is -2.55. The number of nitrogens with one attached hydrogen (secondary N) is 1. The van der Waals surface area contributed by atoms with Crippen LogP contribution in [0.25, 0.3) is 0 Å². The number of aliphatic hydroxyl groups excluding tert-OH is 1. The van der Waals surface area contributed by atoms with E-state index < -0.39 is 5.78 Å². The molecule has 1 fully saturated rings. The zero-order valence-corrected chi connectivity index (χ0v) is 12.4. The van der Waals surface area contributed by atoms with Gasteiger partial charge in [-0.25, -0.2) is 4.98 Å². The van der Waals surface area contributed by atoms with Gasteiger partial charge in [0.1, 0.15) is 5.76 Å². The Morgan fingerprint density at radius 3 is 2.64 bits per heavy atom. The summed E-state index contributed by atoms with van der Waals surface area (Å²) in [6, 6.07) is 0. The van der Waals surface area contributed by atoms with Gasteiger partial charge in [0, 0.05) is 20.0 Å². The van der Waals surface area contributed by atoms with Crippen molar-refractivity contribution in [2.75, 3.05) is 26.3 Å². The van der Waals surface area contributed by atoms with Crippen LogP contribution in [0.3, 0.4) is 0 Å². The summed E-state index contributed by atoms with van der Waals surface area (Å²) in [6.07, 6.45) is 1.32. The first-order chi connectivity index (χ1) is 10.5. The van der Waals surface area contributed by atoms with Crippen molar-refractivity contribution in [2.45, 2.75) is 13.8 Å². The highest BCUT2D eigenvalue weighted by Crippen LogP contribution is 2.19. The lowest BCUT2D eigenvalue weighted by Crippen LogP contribution is -2.40. The lowest BCUT2D eigenvalue weighted by molar-refractivity contribution is -0.113. The largest absolute Gasteiger partial charge is 0.510 e. The first kappa shape index (κ1) is 15.8. The minimum atomic E-state index is -0.430. The number of hydrogen-bond acceptors (Lipinski definition) is 7. The molecule has 22 heavy (non-hydrogen) atoms. The maximum absolute atomic E-state index is 12.4. The second-order valence-electron chi connectivity index (χ2n) is 4.70. The van der Waals surface area contributed by atoms with Gasteiger partial charge in [-0.1, -0.05) is 0 Å². The highest BCUT2D eigenvalue weighted by molar-refractivity contribution is 5.96. The van der Waals surface area contributed by atoms with Crippen LogP contribution in [0.4, 0.5) is 5.82 Å². The van der Waals surface area contributed by atoms with Crippen molar-refractivity contribution in [1.29, 1.82) is 0 Å². The number of rotatable bonds is 4. The van der Waals surface area contributed by atoms with E-state index in [9.17, 15) is 14.7 Å². The molecule has 0 unspecified atom stereocenters. The summed E-state index contributed by atoms with van der Waals surface area (Å²) < 4.78 is 5.20. The van der Waals surface area contributed by atoms with Gasteiger partial charge in [-0.2, -0.15) is 0 Å². The van der Waals surface area contributed by atoms with Gasteiger partial charge in [0.05, 0.1) is 19.5 Å². The molecule has 1 saturated heterocycles. The number of carbonyl (C=O) groups is 2. The van der Waals surface area contributed by atoms with Crippen molar-refractivity contribution in [3.05, 3.63) is 23.5 Å². The van der Waals surface area contributed by atoms with Crippen LogP contribution in [0.1, 0.15) is 24.3 Å². The van der Waals surface area contributed by atoms with Gasteiger partial charge in [0.2, 0.25) is 5.82 Å². The second-order valence-corrected chi connectivity index (χ2v) is 4.70. The Bertz CT molecular complexity index is 624. The van der Waals surface area contributed by atoms with Crippen molar-refractivity contribution in [3.63, 3.8) is 0 Å². The molecule has 0 atom stereocenters. The summed E-state index contributed by atoms with van der Waals surface area (Å²) in [6.45, 7) is 4.54. The lowest BCUT2D eigenvalue weighted by Gasteiger charge is -2.26. The van der Waals surface area contributed by atoms with Crippen LogP contribution < -0.4 is 0 Å². The molecule has 0 bridgehead atoms. The Morgan fingerprint density at radius 2 is 2.05 bits per heavy atom. The molecule has 0 aromatic carbocycles. The number of ether oxygens (including phenoxy) is 1. The quantitative estimate of drug-likeness (QED) is 0.494. The SMILES string of the molecule is CC(=O)/C(N=Nc1nc[nH]c1C(=O)N1CCOCC1)=C(\C)O. The molecule has 2 rings (SSSR count). The van der Waals surface area contributed by atoms with Crippen LogP contribution >= 0.6 is 0 Å². The maximum Gasteiger partial charge on any atom is 0.274 e. The fourth-order valence-corrected chi connectivity index (χ4v) is 1.94. The first-order valence-electron chi connectivity index (χ1n) is 6.73. The van der Waals surface area contributed by atoms with Crippen molar-refractivity contribution >= 4 is 17.5 Å². The Balaban J connectivity index is 2.20. The minimum Gasteiger partial charge on any atom is -0.510 e. The zero-order valence-electron chi connectivity index (χ0n) is 12.4. The number of amides is 1. The predicted molar refractivity (Wildman–Crippen MR) is 75.8 cm³/mol. The number of carbonyl (C=O) groups excluding carboxylic acids is 2. The predicted octanol–water partition coefficient (Wildman–Crippen LogP) is 1.34. The van der Waals surface area contributed by atoms with E-state index >= 15 is 0 Å². The number of aliphatic hydroxyl groups is 1. The first-order valence-corrected chi connectivity index (χ1v) is 6.73. The molecule has 0 saturated carbocycles. The van der Waals surface area contributed by atoms with E-state index in [0.29, 0.717) is 26.3 Å². The molecule has 1 amide bonds. The van der Waals surface area contributed by atoms with E-state index in [1.807, 2.05) is 0 Å². The van der Waals surface area contributed by atoms with E-state index in [1.165, 1.54) is 20.2 Å². The fourth-order valence-electron chi connectivity index (χ4n) is 1.94. The maximum atomic E-state index is 12.4. The van der Waals surface area contributed by atoms with E-state index in [2.05, 4.69) is 20.2 Å². The van der Waals surface area contributed by atoms with Gasteiger partial charge in [-0.05, 0) is 6.92 Å². The Kier molecular flexibility index (Phi) is 4.99. The molecular formula is C13H17N5O4. The fraction of sp³-hybridized carbons (Fsp3) is 0.462. The zero-order chi connectivity index (χ0) is 16.1. The molecule has 9 heteroatoms. The van der Waals surface area contributed by atoms with Crippen LogP contribution in [0.5, 0.6) is 0 Å². The summed E-state index contributed by atoms with van der Waals surface area (Å²) in [5.74, 6) is -0.867. The number of allylic oxidation sites excluding steroid dienone is 2. The third kappa shape index (κ3) is 3.55. The average molecular weight is 307 g/mol. The molecular weight excluding hydrogens is 290 g/mol. The Morgan fingerprint density at radius 1 is 1.36 bits per heavy atom. The molecule has 9 nitrogen and oxygen atoms in total. The number of aromatic nitrogens is 2. The van der Waals surface area contributed by atoms with Crippen molar-refractivity contribution in [2.24, 2.45) is 10.2 Å². The molecule has 1 aliphatic heterocycles. The molecule has 0 spiro atoms. The van der Waals surface area contributed by atoms with E-state index in [-0.39, 0.29) is 28.9 Å². The highest BCUT2D eigenvalue weighted by atomic mass is 16.5. The number of morpholine rings is 1. The van der Waals surface area contributed by atoms with Crippen LogP contribution in [0.15, 0.2) is 28.0 Å². The van der Waals surface area contributed by atoms with Gasteiger partial charge in [0.25, 0.3) is 5.91 Å². The number of imidazole rings is 1. The number of aromatic amines is 1. The monoisotopic (exact) mass is 307 g/mol. The minimum absolute atomic E-state index is 0.0662. The van der Waals surface area contributed by atoms with Crippen LogP contribution in [-0.4, -0.2) is 58.0 Å². The second kappa shape index (κ2) is 6.94. The number of nitrogens with zero attached hydrogens (tertiary/aromatic N) is 4. The topological polar surface area (TPSA) is 120 Å². The van der Waals surface area contributed by atoms with Gasteiger partial charge in [-0.3, -0.25) is 9.59 Å². The van der Waals surface area contributed by atoms with Crippen LogP contribution in [0, 0.1) is 0 Å². The van der Waals surface area contributed by atoms with E-state index in [0.717, 1.165) is 0 Å². The number of Topliss-reactive ketones (excluding diaryl/α,β-unsaturated/α-hetero) is 1. The van der Waals surface area contributed by atoms with Crippen LogP contribution in [0.2, 0.25) is 0 Å². The standard InChI is InChI=1S/C13H17N5O4/c1-8(19)10(9(2)20)16-17-12-11(14-7-15-12)13(21)18-3-5-22-6-4-18/h7,19H,3-6H2,1-2H3,(H,14,15)/b10-8-,17-16?. The smallest absolute Gasteiger partial charge is 0.274 e. The number of azo groups is 1. The van der Waals surface area contributed by atoms with Gasteiger partial charge >= 0.3 is 0 Å². The normalized spacial score (nSPS) is 16.7. The molecule has 0 radical (unpaired) electrons. The van der Waals surface area contributed by atoms with Crippen LogP contribution in [-0.2, 0) is 9.53 Å². The molecule has 2 heterocycles. The summed E-state index contributed by atoms with van der Waals surface area (Å²) in [5.41, 5.74) is 0.0110. The Labute approximate surface area is 126 Å². The number of ketones is 1. The molecule has 118 valence electrons. The molecule has 1 aliphatic rings. The van der Waals surface area contributed by atoms with Crippen molar-refractivity contribution < 1.29 is 19.4 Å². The van der Waals surface area contributed by atoms with E-state index in [4.69, 9.17) is 4.74 Å². The summed E-state index contributed by atoms with van der Waals surface area (Å²) in [5, 5.41) is 16.9. The summed E-state index contributed by atoms with van der Waals surface area (Å²) in [4.78, 5) is 31.9. The average Bonchev–Trinajstić information content (AvgIpc) is 2.95. The number of H-pyrrole nitrogens is 1. The summed E-state index contributed by atoms with van der Waals surface area (Å²) >= 11 is 0. The lowest BCUT2D eigenvalue weighted by atomic mass is 10.3. The molecule has 1 aromatic rings. The highest BCUT2D eigenvalue weighted by Gasteiger charge is 2.23. The summed E-state index contributed by atoms with van der Waals surface area (Å²) in [7, 11) is 0. The van der Waals surface area contributed by atoms with E-state index in [1.54, 1.807) is 4.90 Å².